The van der Waals surface area contributed by atoms with E-state index in [1.54, 1.807) is 12.4 Å². The Bertz CT molecular complexity index is 1460. The molecule has 35 heavy (non-hydrogen) atoms. The summed E-state index contributed by atoms with van der Waals surface area (Å²) in [4.78, 5) is 44.0. The highest BCUT2D eigenvalue weighted by atomic mass is 16.5. The molecule has 0 radical (unpaired) electrons. The molecule has 0 aliphatic rings. The van der Waals surface area contributed by atoms with Gasteiger partial charge in [0.05, 0.1) is 11.2 Å². The Balaban J connectivity index is 1.80. The Morgan fingerprint density at radius 1 is 1.00 bits per heavy atom. The molecule has 10 nitrogen and oxygen atoms in total. The third-order valence-electron chi connectivity index (χ3n) is 5.76. The second-order valence-corrected chi connectivity index (χ2v) is 8.94. The topological polar surface area (TPSA) is 125 Å². The van der Waals surface area contributed by atoms with Crippen LogP contribution in [0.1, 0.15) is 44.5 Å². The summed E-state index contributed by atoms with van der Waals surface area (Å²) in [7, 11) is 1.46. The maximum atomic E-state index is 12.9. The molecule has 1 aromatic carbocycles. The fraction of sp³-hybridized carbons (Fsp3) is 0.440. The summed E-state index contributed by atoms with van der Waals surface area (Å²) in [5, 5.41) is 9.12. The fourth-order valence-electron chi connectivity index (χ4n) is 4.00. The maximum Gasteiger partial charge on any atom is 0.332 e. The van der Waals surface area contributed by atoms with E-state index < -0.39 is 11.2 Å². The lowest BCUT2D eigenvalue weighted by atomic mass is 10.1. The first-order valence-electron chi connectivity index (χ1n) is 11.8. The zero-order valence-corrected chi connectivity index (χ0v) is 20.3. The second-order valence-electron chi connectivity index (χ2n) is 8.94. The molecular weight excluding hydrogens is 448 g/mol. The lowest BCUT2D eigenvalue weighted by Gasteiger charge is -2.16. The van der Waals surface area contributed by atoms with Crippen LogP contribution in [0.5, 0.6) is 5.75 Å². The van der Waals surface area contributed by atoms with Gasteiger partial charge in [0, 0.05) is 32.6 Å². The van der Waals surface area contributed by atoms with Crippen molar-refractivity contribution < 1.29 is 9.84 Å². The summed E-state index contributed by atoms with van der Waals surface area (Å²) in [5.74, 6) is 0.731. The largest absolute Gasteiger partial charge is 0.485 e. The van der Waals surface area contributed by atoms with Crippen LogP contribution in [0.15, 0.2) is 40.2 Å². The minimum absolute atomic E-state index is 0.0963. The number of hydrogen-bond donors (Lipinski definition) is 1. The van der Waals surface area contributed by atoms with Crippen LogP contribution in [0.3, 0.4) is 0 Å². The summed E-state index contributed by atoms with van der Waals surface area (Å²) in [6.07, 6.45) is 6.10. The molecule has 184 valence electrons. The lowest BCUT2D eigenvalue weighted by Crippen LogP contribution is -2.40. The van der Waals surface area contributed by atoms with Gasteiger partial charge in [0.25, 0.3) is 5.56 Å². The summed E-state index contributed by atoms with van der Waals surface area (Å²) < 4.78 is 8.71. The van der Waals surface area contributed by atoms with Crippen molar-refractivity contribution >= 4 is 22.2 Å². The third-order valence-corrected chi connectivity index (χ3v) is 5.76. The highest BCUT2D eigenvalue weighted by Crippen LogP contribution is 2.23. The number of fused-ring (bicyclic) bond motifs is 2. The second kappa shape index (κ2) is 10.7. The van der Waals surface area contributed by atoms with Gasteiger partial charge in [-0.3, -0.25) is 18.9 Å². The molecule has 0 spiro atoms. The van der Waals surface area contributed by atoms with Crippen molar-refractivity contribution in [1.29, 1.82) is 0 Å². The molecule has 0 bridgehead atoms. The molecule has 10 heteroatoms. The minimum atomic E-state index is -0.467. The van der Waals surface area contributed by atoms with E-state index in [9.17, 15) is 9.59 Å². The standard InChI is InChI=1S/C25H30N6O4/c1-16(2)14-31-23-22(24(33)30(3)25(31)34)28-17(8-5-4-6-13-32)19(29-23)15-35-20-10-7-9-18-21(20)27-12-11-26-18/h7,9-12,16,32H,4-6,8,13-15H2,1-3H3. The fourth-order valence-corrected chi connectivity index (χ4v) is 4.00. The van der Waals surface area contributed by atoms with Crippen molar-refractivity contribution in [2.45, 2.75) is 52.7 Å². The SMILES string of the molecule is CC(C)Cn1c(=O)n(C)c(=O)c2nc(CCCCCO)c(COc3cccc4nccnc34)nc21. The number of aryl methyl sites for hydroxylation is 1. The molecule has 0 amide bonds. The van der Waals surface area contributed by atoms with E-state index in [2.05, 4.69) is 9.97 Å². The molecule has 0 unspecified atom stereocenters. The van der Waals surface area contributed by atoms with Crippen LogP contribution in [0, 0.1) is 5.92 Å². The number of para-hydroxylation sites is 1. The molecule has 0 fully saturated rings. The van der Waals surface area contributed by atoms with E-state index in [4.69, 9.17) is 19.8 Å². The Morgan fingerprint density at radius 3 is 2.57 bits per heavy atom. The van der Waals surface area contributed by atoms with Gasteiger partial charge in [0.15, 0.2) is 11.2 Å². The number of benzene rings is 1. The summed E-state index contributed by atoms with van der Waals surface area (Å²) in [6.45, 7) is 4.63. The van der Waals surface area contributed by atoms with Crippen LogP contribution in [-0.2, 0) is 26.6 Å². The Labute approximate surface area is 202 Å². The van der Waals surface area contributed by atoms with Gasteiger partial charge in [-0.1, -0.05) is 26.3 Å². The smallest absolute Gasteiger partial charge is 0.332 e. The highest BCUT2D eigenvalue weighted by Gasteiger charge is 2.19. The van der Waals surface area contributed by atoms with E-state index in [0.717, 1.165) is 17.4 Å². The van der Waals surface area contributed by atoms with E-state index in [0.29, 0.717) is 47.6 Å². The molecule has 0 aliphatic carbocycles. The van der Waals surface area contributed by atoms with Crippen LogP contribution < -0.4 is 16.0 Å². The van der Waals surface area contributed by atoms with Gasteiger partial charge in [0.2, 0.25) is 0 Å². The van der Waals surface area contributed by atoms with Gasteiger partial charge in [-0.15, -0.1) is 0 Å². The summed E-state index contributed by atoms with van der Waals surface area (Å²) in [5.41, 5.74) is 2.11. The predicted octanol–water partition coefficient (Wildman–Crippen LogP) is 2.37. The van der Waals surface area contributed by atoms with Crippen molar-refractivity contribution in [2.75, 3.05) is 6.61 Å². The zero-order chi connectivity index (χ0) is 24.9. The maximum absolute atomic E-state index is 12.9. The van der Waals surface area contributed by atoms with Gasteiger partial charge >= 0.3 is 5.69 Å². The number of aliphatic hydroxyl groups excluding tert-OH is 1. The van der Waals surface area contributed by atoms with Crippen LogP contribution in [0.2, 0.25) is 0 Å². The predicted molar refractivity (Wildman–Crippen MR) is 132 cm³/mol. The molecule has 0 aliphatic heterocycles. The first-order valence-corrected chi connectivity index (χ1v) is 11.8. The van der Waals surface area contributed by atoms with Gasteiger partial charge in [0.1, 0.15) is 23.6 Å². The molecule has 0 atom stereocenters. The average Bonchev–Trinajstić information content (AvgIpc) is 2.86. The van der Waals surface area contributed by atoms with Crippen molar-refractivity contribution in [2.24, 2.45) is 13.0 Å². The zero-order valence-electron chi connectivity index (χ0n) is 20.3. The first-order chi connectivity index (χ1) is 16.9. The Hall–Kier alpha value is -3.66. The van der Waals surface area contributed by atoms with Crippen molar-refractivity contribution in [3.05, 3.63) is 62.8 Å². The van der Waals surface area contributed by atoms with Crippen LogP contribution in [0.4, 0.5) is 0 Å². The van der Waals surface area contributed by atoms with Gasteiger partial charge in [-0.25, -0.2) is 19.7 Å². The van der Waals surface area contributed by atoms with Crippen LogP contribution >= 0.6 is 0 Å². The van der Waals surface area contributed by atoms with Crippen molar-refractivity contribution in [3.8, 4) is 5.75 Å². The Morgan fingerprint density at radius 2 is 1.80 bits per heavy atom. The molecule has 0 saturated carbocycles. The van der Waals surface area contributed by atoms with E-state index in [-0.39, 0.29) is 30.3 Å². The normalized spacial score (nSPS) is 11.6. The van der Waals surface area contributed by atoms with Crippen molar-refractivity contribution in [1.82, 2.24) is 29.1 Å². The molecule has 3 aromatic heterocycles. The van der Waals surface area contributed by atoms with Crippen molar-refractivity contribution in [3.63, 3.8) is 0 Å². The molecule has 0 saturated heterocycles. The number of hydrogen-bond acceptors (Lipinski definition) is 8. The number of aliphatic hydroxyl groups is 1. The number of aromatic nitrogens is 6. The number of nitrogens with zero attached hydrogens (tertiary/aromatic N) is 6. The summed E-state index contributed by atoms with van der Waals surface area (Å²) in [6, 6.07) is 5.52. The Kier molecular flexibility index (Phi) is 7.50. The number of unbranched alkanes of at least 4 members (excludes halogenated alkanes) is 2. The van der Waals surface area contributed by atoms with E-state index in [1.807, 2.05) is 32.0 Å². The molecule has 4 rings (SSSR count). The molecule has 1 N–H and O–H groups in total. The van der Waals surface area contributed by atoms with E-state index >= 15 is 0 Å². The van der Waals surface area contributed by atoms with Gasteiger partial charge in [-0.05, 0) is 37.3 Å². The van der Waals surface area contributed by atoms with Gasteiger partial charge < -0.3 is 9.84 Å². The average molecular weight is 479 g/mol. The molecule has 4 aromatic rings. The minimum Gasteiger partial charge on any atom is -0.485 e. The summed E-state index contributed by atoms with van der Waals surface area (Å²) >= 11 is 0. The highest BCUT2D eigenvalue weighted by molar-refractivity contribution is 5.80. The quantitative estimate of drug-likeness (QED) is 0.345. The first kappa shape index (κ1) is 24.5. The van der Waals surface area contributed by atoms with Crippen LogP contribution in [-0.4, -0.2) is 40.8 Å². The van der Waals surface area contributed by atoms with Crippen LogP contribution in [0.25, 0.3) is 22.2 Å². The lowest BCUT2D eigenvalue weighted by molar-refractivity contribution is 0.282. The third kappa shape index (κ3) is 5.22. The number of rotatable bonds is 10. The molecule has 3 heterocycles. The monoisotopic (exact) mass is 478 g/mol. The molecular formula is C25H30N6O4. The van der Waals surface area contributed by atoms with Gasteiger partial charge in [-0.2, -0.15) is 0 Å². The number of ether oxygens (including phenoxy) is 1. The van der Waals surface area contributed by atoms with E-state index in [1.165, 1.54) is 11.6 Å².